The number of benzene rings is 1. The summed E-state index contributed by atoms with van der Waals surface area (Å²) in [5, 5.41) is 4.97. The Morgan fingerprint density at radius 2 is 2.00 bits per heavy atom. The molecule has 32 heavy (non-hydrogen) atoms. The molecule has 2 saturated heterocycles. The first kappa shape index (κ1) is 22.2. The largest absolute Gasteiger partial charge is 0.337 e. The van der Waals surface area contributed by atoms with E-state index in [-0.39, 0.29) is 16.2 Å². The van der Waals surface area contributed by atoms with Crippen molar-refractivity contribution in [3.63, 3.8) is 0 Å². The summed E-state index contributed by atoms with van der Waals surface area (Å²) in [5.74, 6) is 1.24. The molecule has 2 fully saturated rings. The number of anilines is 1. The van der Waals surface area contributed by atoms with E-state index in [1.54, 1.807) is 23.5 Å². The summed E-state index contributed by atoms with van der Waals surface area (Å²) in [6.07, 6.45) is 2.96. The summed E-state index contributed by atoms with van der Waals surface area (Å²) >= 11 is 5.45. The molecule has 3 aliphatic rings. The molecule has 1 N–H and O–H groups in total. The Morgan fingerprint density at radius 3 is 2.72 bits per heavy atom. The Kier molecular flexibility index (Phi) is 6.22. The average molecular weight is 486 g/mol. The van der Waals surface area contributed by atoms with E-state index in [1.807, 2.05) is 11.8 Å². The van der Waals surface area contributed by atoms with Crippen LogP contribution in [0.1, 0.15) is 19.5 Å². The molecule has 1 amide bonds. The second-order valence-corrected chi connectivity index (χ2v) is 11.7. The first-order valence-electron chi connectivity index (χ1n) is 11.2. The molecule has 1 aromatic carbocycles. The standard InChI is InChI=1S/C24H29N4OS3/c1-4-27-14-9-8-10-17(27)16-24(23-25-13-15-30-23)28(5-2)21(29)20(32-24)22-26(3)18-11-6-7-12-19(18)31-22/h6-12,14,23,25H,4-5,13,15-16H2,1-3H3/q+1. The Labute approximate surface area is 203 Å². The van der Waals surface area contributed by atoms with Crippen LogP contribution in [0.15, 0.2) is 63.5 Å². The molecule has 4 heterocycles. The van der Waals surface area contributed by atoms with E-state index in [2.05, 4.69) is 89.2 Å². The molecule has 0 aliphatic carbocycles. The summed E-state index contributed by atoms with van der Waals surface area (Å²) in [5.41, 5.74) is 2.44. The molecular weight excluding hydrogens is 456 g/mol. The molecule has 168 valence electrons. The normalized spacial score (nSPS) is 27.5. The fourth-order valence-corrected chi connectivity index (χ4v) is 9.16. The molecule has 0 bridgehead atoms. The van der Waals surface area contributed by atoms with E-state index in [4.69, 9.17) is 0 Å². The summed E-state index contributed by atoms with van der Waals surface area (Å²) in [7, 11) is 2.08. The van der Waals surface area contributed by atoms with Crippen LogP contribution in [-0.4, -0.2) is 46.9 Å². The van der Waals surface area contributed by atoms with Gasteiger partial charge in [-0.15, -0.1) is 11.8 Å². The number of carbonyl (C=O) groups excluding carboxylic acids is 1. The number of carbonyl (C=O) groups is 1. The number of pyridine rings is 1. The van der Waals surface area contributed by atoms with Crippen molar-refractivity contribution in [1.82, 2.24) is 10.2 Å². The van der Waals surface area contributed by atoms with Gasteiger partial charge in [0.15, 0.2) is 11.9 Å². The Morgan fingerprint density at radius 1 is 1.19 bits per heavy atom. The highest BCUT2D eigenvalue weighted by molar-refractivity contribution is 8.09. The van der Waals surface area contributed by atoms with Gasteiger partial charge in [-0.2, -0.15) is 0 Å². The van der Waals surface area contributed by atoms with E-state index in [9.17, 15) is 4.79 Å². The van der Waals surface area contributed by atoms with Gasteiger partial charge in [-0.1, -0.05) is 41.7 Å². The zero-order valence-corrected chi connectivity index (χ0v) is 21.2. The van der Waals surface area contributed by atoms with Gasteiger partial charge in [-0.3, -0.25) is 4.79 Å². The molecule has 8 heteroatoms. The van der Waals surface area contributed by atoms with Crippen molar-refractivity contribution in [1.29, 1.82) is 0 Å². The first-order chi connectivity index (χ1) is 15.6. The fraction of sp³-hybridized carbons (Fsp3) is 0.417. The maximum absolute atomic E-state index is 13.9. The molecule has 5 rings (SSSR count). The highest BCUT2D eigenvalue weighted by atomic mass is 32.2. The fourth-order valence-electron chi connectivity index (χ4n) is 4.79. The number of aryl methyl sites for hydroxylation is 1. The number of hydrogen-bond donors (Lipinski definition) is 1. The Bertz CT molecular complexity index is 1070. The quantitative estimate of drug-likeness (QED) is 0.512. The van der Waals surface area contributed by atoms with Crippen LogP contribution in [0.5, 0.6) is 0 Å². The van der Waals surface area contributed by atoms with Crippen molar-refractivity contribution in [2.45, 2.75) is 42.0 Å². The van der Waals surface area contributed by atoms with Crippen molar-refractivity contribution < 1.29 is 9.36 Å². The van der Waals surface area contributed by atoms with Gasteiger partial charge in [0.1, 0.15) is 16.3 Å². The lowest BCUT2D eigenvalue weighted by Crippen LogP contribution is -2.57. The van der Waals surface area contributed by atoms with Gasteiger partial charge in [0.2, 0.25) is 0 Å². The van der Waals surface area contributed by atoms with Crippen LogP contribution in [-0.2, 0) is 17.8 Å². The molecule has 2 unspecified atom stereocenters. The van der Waals surface area contributed by atoms with E-state index in [0.29, 0.717) is 6.54 Å². The van der Waals surface area contributed by atoms with Gasteiger partial charge in [0.25, 0.3) is 5.91 Å². The molecule has 3 aliphatic heterocycles. The predicted octanol–water partition coefficient (Wildman–Crippen LogP) is 3.90. The summed E-state index contributed by atoms with van der Waals surface area (Å²) in [6.45, 7) is 6.89. The molecule has 0 saturated carbocycles. The topological polar surface area (TPSA) is 39.5 Å². The van der Waals surface area contributed by atoms with Gasteiger partial charge in [-0.05, 0) is 26.0 Å². The number of rotatable bonds is 5. The van der Waals surface area contributed by atoms with Gasteiger partial charge < -0.3 is 15.1 Å². The van der Waals surface area contributed by atoms with E-state index < -0.39 is 0 Å². The predicted molar refractivity (Wildman–Crippen MR) is 136 cm³/mol. The average Bonchev–Trinajstić information content (AvgIpc) is 3.53. The lowest BCUT2D eigenvalue weighted by Gasteiger charge is -2.40. The third kappa shape index (κ3) is 3.56. The first-order valence-corrected chi connectivity index (χ1v) is 13.9. The van der Waals surface area contributed by atoms with Crippen molar-refractivity contribution >= 4 is 46.9 Å². The second kappa shape index (κ2) is 8.97. The second-order valence-electron chi connectivity index (χ2n) is 8.12. The van der Waals surface area contributed by atoms with Crippen LogP contribution in [0.2, 0.25) is 0 Å². The molecule has 1 aromatic heterocycles. The SMILES string of the molecule is CCN1C(=O)C(=C2Sc3ccccc3N2C)SC1(Cc1cccc[n+]1CC)C1NCCS1. The number of nitrogens with zero attached hydrogens (tertiary/aromatic N) is 3. The van der Waals surface area contributed by atoms with Crippen LogP contribution >= 0.6 is 35.3 Å². The Balaban J connectivity index is 1.60. The van der Waals surface area contributed by atoms with Crippen molar-refractivity contribution in [2.75, 3.05) is 30.8 Å². The van der Waals surface area contributed by atoms with Gasteiger partial charge in [0, 0.05) is 42.9 Å². The van der Waals surface area contributed by atoms with Crippen LogP contribution in [0, 0.1) is 0 Å². The highest BCUT2D eigenvalue weighted by Gasteiger charge is 2.57. The lowest BCUT2D eigenvalue weighted by molar-refractivity contribution is -0.701. The number of aromatic nitrogens is 1. The molecule has 5 nitrogen and oxygen atoms in total. The molecule has 0 radical (unpaired) electrons. The summed E-state index contributed by atoms with van der Waals surface area (Å²) in [6, 6.07) is 14.8. The van der Waals surface area contributed by atoms with Crippen molar-refractivity contribution in [3.05, 3.63) is 64.3 Å². The lowest BCUT2D eigenvalue weighted by atomic mass is 10.1. The van der Waals surface area contributed by atoms with Gasteiger partial charge in [-0.25, -0.2) is 4.57 Å². The zero-order chi connectivity index (χ0) is 22.3. The number of thioether (sulfide) groups is 3. The summed E-state index contributed by atoms with van der Waals surface area (Å²) < 4.78 is 2.30. The molecule has 2 aromatic rings. The molecule has 0 spiro atoms. The van der Waals surface area contributed by atoms with Crippen molar-refractivity contribution in [2.24, 2.45) is 0 Å². The van der Waals surface area contributed by atoms with Crippen LogP contribution in [0.25, 0.3) is 0 Å². The number of hydrogen-bond acceptors (Lipinski definition) is 6. The maximum Gasteiger partial charge on any atom is 0.264 e. The minimum atomic E-state index is -0.357. The van der Waals surface area contributed by atoms with Crippen LogP contribution in [0.4, 0.5) is 5.69 Å². The minimum absolute atomic E-state index is 0.160. The van der Waals surface area contributed by atoms with E-state index in [1.165, 1.54) is 16.3 Å². The van der Waals surface area contributed by atoms with E-state index in [0.717, 1.165) is 35.2 Å². The number of likely N-dealkylation sites (N-methyl/N-ethyl adjacent to an activating group) is 1. The van der Waals surface area contributed by atoms with Crippen LogP contribution < -0.4 is 14.8 Å². The molecular formula is C24H29N4OS3+. The zero-order valence-electron chi connectivity index (χ0n) is 18.7. The minimum Gasteiger partial charge on any atom is -0.337 e. The van der Waals surface area contributed by atoms with Crippen molar-refractivity contribution in [3.8, 4) is 0 Å². The monoisotopic (exact) mass is 485 g/mol. The third-order valence-corrected chi connectivity index (χ3v) is 10.7. The van der Waals surface area contributed by atoms with E-state index >= 15 is 0 Å². The van der Waals surface area contributed by atoms with Crippen LogP contribution in [0.3, 0.4) is 0 Å². The van der Waals surface area contributed by atoms with Gasteiger partial charge in [0.05, 0.1) is 22.5 Å². The Hall–Kier alpha value is -1.61. The number of nitrogens with one attached hydrogen (secondary N) is 1. The molecule has 2 atom stereocenters. The number of fused-ring (bicyclic) bond motifs is 1. The maximum atomic E-state index is 13.9. The smallest absolute Gasteiger partial charge is 0.264 e. The van der Waals surface area contributed by atoms with Gasteiger partial charge >= 0.3 is 0 Å². The number of para-hydroxylation sites is 1. The third-order valence-electron chi connectivity index (χ3n) is 6.36. The summed E-state index contributed by atoms with van der Waals surface area (Å²) in [4.78, 5) is 20.0. The number of amides is 1. The highest BCUT2D eigenvalue weighted by Crippen LogP contribution is 2.56.